The third kappa shape index (κ3) is 5.34. The molecule has 0 aromatic carbocycles. The Labute approximate surface area is 215 Å². The zero-order valence-corrected chi connectivity index (χ0v) is 20.9. The molecule has 2 fully saturated rings. The van der Waals surface area contributed by atoms with Crippen LogP contribution < -0.4 is 17.0 Å². The Bertz CT molecular complexity index is 1430. The lowest BCUT2D eigenvalue weighted by Crippen LogP contribution is -2.31. The molecule has 0 amide bonds. The van der Waals surface area contributed by atoms with Crippen LogP contribution in [0.4, 0.5) is 5.95 Å². The molecule has 2 aliphatic rings. The van der Waals surface area contributed by atoms with Gasteiger partial charge in [0.1, 0.15) is 49.5 Å². The molecule has 3 aromatic rings. The largest absolute Gasteiger partial charge is 0.488 e. The summed E-state index contributed by atoms with van der Waals surface area (Å²) < 4.78 is 25.1. The van der Waals surface area contributed by atoms with E-state index >= 15 is 0 Å². The number of aliphatic hydroxyl groups excluding tert-OH is 2. The van der Waals surface area contributed by atoms with Crippen molar-refractivity contribution >= 4 is 32.5 Å². The molecule has 19 heteroatoms. The van der Waals surface area contributed by atoms with E-state index in [-0.39, 0.29) is 36.6 Å². The third-order valence-electron chi connectivity index (χ3n) is 6.19. The van der Waals surface area contributed by atoms with E-state index in [4.69, 9.17) is 31.8 Å². The topological polar surface area (TPSA) is 235 Å². The highest BCUT2D eigenvalue weighted by atomic mass is 31.2. The van der Waals surface area contributed by atoms with Crippen molar-refractivity contribution in [1.82, 2.24) is 34.1 Å². The van der Waals surface area contributed by atoms with Crippen LogP contribution >= 0.6 is 7.82 Å². The van der Waals surface area contributed by atoms with Gasteiger partial charge in [-0.05, 0) is 6.92 Å². The molecular weight excluding hydrogens is 526 g/mol. The van der Waals surface area contributed by atoms with Crippen LogP contribution in [0.15, 0.2) is 22.2 Å². The summed E-state index contributed by atoms with van der Waals surface area (Å²) in [5, 5.41) is 20.2. The summed E-state index contributed by atoms with van der Waals surface area (Å²) in [7, 11) is 1.92. The minimum absolute atomic E-state index is 0.0312. The molecule has 0 spiro atoms. The van der Waals surface area contributed by atoms with E-state index in [1.165, 1.54) is 10.9 Å². The third-order valence-corrected chi connectivity index (χ3v) is 7.28. The van der Waals surface area contributed by atoms with E-state index in [9.17, 15) is 24.7 Å². The monoisotopic (exact) mass is 551 g/mol. The Kier molecular flexibility index (Phi) is 7.32. The maximum atomic E-state index is 12.1. The summed E-state index contributed by atoms with van der Waals surface area (Å²) in [5.41, 5.74) is 4.70. The normalized spacial score (nSPS) is 29.2. The quantitative estimate of drug-likeness (QED) is 0.148. The van der Waals surface area contributed by atoms with Crippen molar-refractivity contribution in [2.75, 3.05) is 18.9 Å². The number of aromatic nitrogens is 7. The first kappa shape index (κ1) is 26.8. The van der Waals surface area contributed by atoms with Crippen LogP contribution in [-0.4, -0.2) is 94.4 Å². The minimum Gasteiger partial charge on any atom is -0.394 e. The first-order valence-corrected chi connectivity index (χ1v) is 13.2. The summed E-state index contributed by atoms with van der Waals surface area (Å²) in [4.78, 5) is 53.1. The van der Waals surface area contributed by atoms with Gasteiger partial charge >= 0.3 is 21.1 Å². The summed E-state index contributed by atoms with van der Waals surface area (Å²) in [6, 6.07) is 0. The van der Waals surface area contributed by atoms with Gasteiger partial charge in [-0.3, -0.25) is 13.9 Å². The molecule has 6 N–H and O–H groups in total. The van der Waals surface area contributed by atoms with Crippen molar-refractivity contribution in [3.05, 3.63) is 39.3 Å². The first-order chi connectivity index (χ1) is 18.0. The van der Waals surface area contributed by atoms with Gasteiger partial charge < -0.3 is 30.4 Å². The maximum Gasteiger partial charge on any atom is 0.488 e. The Balaban J connectivity index is 1.22. The second-order valence-corrected chi connectivity index (χ2v) is 10.5. The number of aryl methyl sites for hydroxylation is 1. The van der Waals surface area contributed by atoms with Crippen molar-refractivity contribution in [3.8, 4) is 0 Å². The Morgan fingerprint density at radius 2 is 1.89 bits per heavy atom. The van der Waals surface area contributed by atoms with E-state index in [0.717, 1.165) is 10.9 Å². The van der Waals surface area contributed by atoms with Crippen LogP contribution in [-0.2, 0) is 18.5 Å². The number of aliphatic hydroxyl groups is 2. The van der Waals surface area contributed by atoms with Crippen LogP contribution in [0.1, 0.15) is 31.1 Å². The van der Waals surface area contributed by atoms with E-state index in [1.54, 1.807) is 6.92 Å². The second kappa shape index (κ2) is 10.4. The zero-order chi connectivity index (χ0) is 27.2. The van der Waals surface area contributed by atoms with Gasteiger partial charge in [0.05, 0.1) is 19.0 Å². The second-order valence-electron chi connectivity index (χ2n) is 8.86. The molecule has 0 bridgehead atoms. The number of rotatable bonds is 8. The smallest absolute Gasteiger partial charge is 0.394 e. The number of hydrogen-bond donors (Lipinski definition) is 5. The van der Waals surface area contributed by atoms with Crippen LogP contribution in [0.5, 0.6) is 0 Å². The molecule has 0 saturated carbocycles. The van der Waals surface area contributed by atoms with Crippen molar-refractivity contribution in [3.63, 3.8) is 0 Å². The SMILES string of the molecule is [B][P+](O)(OC[C@H]1O[C@@H](n2cnc(N)nc2=O)CC1O)OC1C[C@H](n2cnc3c(=O)[nH]c(C)nc32)O[C@@H]1CO. The number of nitrogens with zero attached hydrogens (tertiary/aromatic N) is 6. The van der Waals surface area contributed by atoms with Gasteiger partial charge in [-0.15, -0.1) is 0 Å². The van der Waals surface area contributed by atoms with Crippen molar-refractivity contribution in [1.29, 1.82) is 0 Å². The number of aromatic amines is 1. The molecule has 3 aromatic heterocycles. The van der Waals surface area contributed by atoms with Gasteiger partial charge in [0, 0.05) is 12.8 Å². The molecule has 3 unspecified atom stereocenters. The lowest BCUT2D eigenvalue weighted by Gasteiger charge is -2.22. The van der Waals surface area contributed by atoms with Gasteiger partial charge in [0.2, 0.25) is 5.95 Å². The number of anilines is 1. The van der Waals surface area contributed by atoms with E-state index < -0.39 is 62.5 Å². The fourth-order valence-electron chi connectivity index (χ4n) is 4.39. The van der Waals surface area contributed by atoms with Crippen LogP contribution in [0.25, 0.3) is 11.2 Å². The fraction of sp³-hybridized carbons (Fsp3) is 0.579. The van der Waals surface area contributed by atoms with Crippen LogP contribution in [0.2, 0.25) is 0 Å². The Morgan fingerprint density at radius 1 is 1.18 bits per heavy atom. The molecule has 2 saturated heterocycles. The molecule has 5 heterocycles. The molecule has 7 atom stereocenters. The zero-order valence-electron chi connectivity index (χ0n) is 20.0. The average molecular weight is 551 g/mol. The first-order valence-electron chi connectivity index (χ1n) is 11.5. The molecule has 17 nitrogen and oxygen atoms in total. The fourth-order valence-corrected chi connectivity index (χ4v) is 5.42. The van der Waals surface area contributed by atoms with Crippen LogP contribution in [0, 0.1) is 6.92 Å². The summed E-state index contributed by atoms with van der Waals surface area (Å²) in [6.07, 6.45) is -2.68. The molecule has 202 valence electrons. The standard InChI is InChI=1S/C19H25BN8O9P/c1-8-24-16-15(17(31)25-8)22-6-27(16)14-3-10(11(4-29)35-14)37-38(20,33)34-5-12-9(30)2-13(36-12)28-7-23-18(21)26-19(28)32/h6-7,9-14,29-30,33H,2-5H2,1H3,(H2,21,26,32)(H,24,25,31)/q+1/t9?,10?,11-,12-,13-,14-,38?/m1/s1. The highest BCUT2D eigenvalue weighted by Crippen LogP contribution is 2.55. The highest BCUT2D eigenvalue weighted by molar-refractivity contribution is 7.85. The molecule has 0 aliphatic carbocycles. The number of fused-ring (bicyclic) bond motifs is 1. The summed E-state index contributed by atoms with van der Waals surface area (Å²) >= 11 is 0. The van der Waals surface area contributed by atoms with Gasteiger partial charge in [-0.2, -0.15) is 14.0 Å². The average Bonchev–Trinajstić information content (AvgIpc) is 3.54. The molecule has 2 radical (unpaired) electrons. The summed E-state index contributed by atoms with van der Waals surface area (Å²) in [5.74, 6) is 0.192. The number of H-pyrrole nitrogens is 1. The highest BCUT2D eigenvalue weighted by Gasteiger charge is 2.48. The molecular formula is C19H25BN8O9P+. The minimum atomic E-state index is -3.98. The van der Waals surface area contributed by atoms with E-state index in [1.807, 2.05) is 0 Å². The number of hydrogen-bond acceptors (Lipinski definition) is 14. The van der Waals surface area contributed by atoms with Gasteiger partial charge in [0.15, 0.2) is 11.2 Å². The molecule has 5 rings (SSSR count). The van der Waals surface area contributed by atoms with Crippen LogP contribution in [0.3, 0.4) is 0 Å². The van der Waals surface area contributed by atoms with Crippen molar-refractivity contribution in [2.24, 2.45) is 0 Å². The summed E-state index contributed by atoms with van der Waals surface area (Å²) in [6.45, 7) is 0.814. The lowest BCUT2D eigenvalue weighted by atomic mass is 10.2. The predicted octanol–water partition coefficient (Wildman–Crippen LogP) is -2.17. The van der Waals surface area contributed by atoms with Crippen molar-refractivity contribution < 1.29 is 33.6 Å². The number of nitrogen functional groups attached to an aromatic ring is 1. The van der Waals surface area contributed by atoms with Gasteiger partial charge in [-0.1, -0.05) is 0 Å². The molecule has 2 aliphatic heterocycles. The Morgan fingerprint density at radius 3 is 2.63 bits per heavy atom. The van der Waals surface area contributed by atoms with Gasteiger partial charge in [-0.25, -0.2) is 24.6 Å². The number of ether oxygens (including phenoxy) is 2. The Hall–Kier alpha value is -2.83. The number of nitrogens with one attached hydrogen (secondary N) is 1. The van der Waals surface area contributed by atoms with E-state index in [0.29, 0.717) is 5.82 Å². The predicted molar refractivity (Wildman–Crippen MR) is 129 cm³/mol. The van der Waals surface area contributed by atoms with Crippen molar-refractivity contribution in [2.45, 2.75) is 56.6 Å². The lowest BCUT2D eigenvalue weighted by molar-refractivity contribution is -0.0529. The van der Waals surface area contributed by atoms with Gasteiger partial charge in [0.25, 0.3) is 5.56 Å². The number of imidazole rings is 1. The number of nitrogens with two attached hydrogens (primary N) is 1. The maximum absolute atomic E-state index is 12.1. The van der Waals surface area contributed by atoms with E-state index in [2.05, 4.69) is 24.9 Å². The molecule has 38 heavy (non-hydrogen) atoms.